The number of halogens is 1. The van der Waals surface area contributed by atoms with E-state index in [1.54, 1.807) is 0 Å². The Kier molecular flexibility index (Phi) is 3.98. The van der Waals surface area contributed by atoms with E-state index in [2.05, 4.69) is 60.8 Å². The smallest absolute Gasteiger partial charge is 0.137 e. The summed E-state index contributed by atoms with van der Waals surface area (Å²) in [4.78, 5) is 4.74. The molecule has 0 fully saturated rings. The van der Waals surface area contributed by atoms with Gasteiger partial charge in [0, 0.05) is 12.6 Å². The topological polar surface area (TPSA) is 17.3 Å². The van der Waals surface area contributed by atoms with E-state index in [4.69, 9.17) is 16.6 Å². The second-order valence-corrected chi connectivity index (χ2v) is 5.69. The lowest BCUT2D eigenvalue weighted by Crippen LogP contribution is -1.96. The number of rotatable bonds is 4. The minimum Gasteiger partial charge on any atom is -0.302 e. The van der Waals surface area contributed by atoms with E-state index in [1.165, 1.54) is 16.7 Å². The highest BCUT2D eigenvalue weighted by atomic mass is 35.5. The van der Waals surface area contributed by atoms with Crippen molar-refractivity contribution in [1.29, 1.82) is 0 Å². The predicted molar refractivity (Wildman–Crippen MR) is 88.1 cm³/mol. The zero-order chi connectivity index (χ0) is 14.8. The van der Waals surface area contributed by atoms with Crippen LogP contribution in [0.2, 0.25) is 0 Å². The average Bonchev–Trinajstić information content (AvgIpc) is 2.84. The summed E-state index contributed by atoms with van der Waals surface area (Å²) in [6.45, 7) is 4.26. The molecule has 2 aromatic heterocycles. The highest BCUT2D eigenvalue weighted by molar-refractivity contribution is 6.17. The van der Waals surface area contributed by atoms with Gasteiger partial charge in [-0.3, -0.25) is 0 Å². The molecule has 108 valence electrons. The van der Waals surface area contributed by atoms with Crippen LogP contribution in [0.3, 0.4) is 0 Å². The van der Waals surface area contributed by atoms with Gasteiger partial charge >= 0.3 is 0 Å². The molecule has 2 heterocycles. The van der Waals surface area contributed by atoms with Crippen LogP contribution >= 0.6 is 11.6 Å². The fourth-order valence-electron chi connectivity index (χ4n) is 2.62. The number of imidazole rings is 1. The lowest BCUT2D eigenvalue weighted by Gasteiger charge is -2.04. The van der Waals surface area contributed by atoms with Gasteiger partial charge in [-0.2, -0.15) is 0 Å². The van der Waals surface area contributed by atoms with Crippen LogP contribution in [-0.2, 0) is 18.7 Å². The Labute approximate surface area is 130 Å². The highest BCUT2D eigenvalue weighted by Gasteiger charge is 2.11. The minimum absolute atomic E-state index is 0.479. The molecule has 0 aliphatic carbocycles. The van der Waals surface area contributed by atoms with E-state index in [0.29, 0.717) is 5.88 Å². The Morgan fingerprint density at radius 2 is 1.76 bits per heavy atom. The van der Waals surface area contributed by atoms with Crippen molar-refractivity contribution in [2.75, 3.05) is 0 Å². The van der Waals surface area contributed by atoms with Crippen molar-refractivity contribution in [1.82, 2.24) is 9.38 Å². The molecule has 3 heteroatoms. The number of aromatic nitrogens is 2. The molecule has 0 bridgehead atoms. The number of aryl methyl sites for hydroxylation is 2. The summed E-state index contributed by atoms with van der Waals surface area (Å²) in [6.07, 6.45) is 4.00. The Bertz CT molecular complexity index is 757. The van der Waals surface area contributed by atoms with Crippen LogP contribution < -0.4 is 0 Å². The number of fused-ring (bicyclic) bond motifs is 1. The predicted octanol–water partition coefficient (Wildman–Crippen LogP) is 4.53. The van der Waals surface area contributed by atoms with Gasteiger partial charge in [0.1, 0.15) is 5.65 Å². The maximum atomic E-state index is 6.16. The van der Waals surface area contributed by atoms with Crippen LogP contribution in [0.15, 0.2) is 42.6 Å². The molecule has 0 spiro atoms. The third-order valence-electron chi connectivity index (χ3n) is 3.88. The van der Waals surface area contributed by atoms with Gasteiger partial charge < -0.3 is 4.40 Å². The number of pyridine rings is 1. The Hall–Kier alpha value is -1.80. The summed E-state index contributed by atoms with van der Waals surface area (Å²) in [7, 11) is 0. The Morgan fingerprint density at radius 1 is 1.05 bits per heavy atom. The molecular weight excluding hydrogens is 280 g/mol. The minimum atomic E-state index is 0.479. The number of nitrogens with zero attached hydrogens (tertiary/aromatic N) is 2. The van der Waals surface area contributed by atoms with Crippen LogP contribution in [0.5, 0.6) is 0 Å². The number of alkyl halides is 1. The molecule has 2 nitrogen and oxygen atoms in total. The molecular formula is C18H19ClN2. The van der Waals surface area contributed by atoms with Crippen molar-refractivity contribution < 1.29 is 0 Å². The van der Waals surface area contributed by atoms with Crippen LogP contribution in [0, 0.1) is 6.92 Å². The van der Waals surface area contributed by atoms with E-state index < -0.39 is 0 Å². The van der Waals surface area contributed by atoms with E-state index in [-0.39, 0.29) is 0 Å². The van der Waals surface area contributed by atoms with Crippen LogP contribution in [0.1, 0.15) is 35.0 Å². The van der Waals surface area contributed by atoms with Gasteiger partial charge in [-0.15, -0.1) is 11.6 Å². The summed E-state index contributed by atoms with van der Waals surface area (Å²) < 4.78 is 2.11. The molecule has 0 amide bonds. The molecule has 0 aliphatic heterocycles. The van der Waals surface area contributed by atoms with Gasteiger partial charge in [0.05, 0.1) is 17.3 Å². The fourth-order valence-corrected chi connectivity index (χ4v) is 2.90. The second kappa shape index (κ2) is 5.90. The van der Waals surface area contributed by atoms with Gasteiger partial charge in [0.25, 0.3) is 0 Å². The highest BCUT2D eigenvalue weighted by Crippen LogP contribution is 2.19. The summed E-state index contributed by atoms with van der Waals surface area (Å²) in [5.41, 5.74) is 6.98. The van der Waals surface area contributed by atoms with Gasteiger partial charge in [0.2, 0.25) is 0 Å². The van der Waals surface area contributed by atoms with Crippen molar-refractivity contribution in [3.63, 3.8) is 0 Å². The quantitative estimate of drug-likeness (QED) is 0.647. The molecule has 1 aromatic carbocycles. The van der Waals surface area contributed by atoms with Crippen LogP contribution in [0.25, 0.3) is 5.65 Å². The molecule has 0 atom stereocenters. The lowest BCUT2D eigenvalue weighted by molar-refractivity contribution is 1.02. The second-order valence-electron chi connectivity index (χ2n) is 5.42. The third kappa shape index (κ3) is 2.81. The molecule has 3 rings (SSSR count). The van der Waals surface area contributed by atoms with Crippen molar-refractivity contribution in [2.45, 2.75) is 32.6 Å². The van der Waals surface area contributed by atoms with Crippen molar-refractivity contribution in [2.24, 2.45) is 0 Å². The van der Waals surface area contributed by atoms with Gasteiger partial charge in [0.15, 0.2) is 0 Å². The Morgan fingerprint density at radius 3 is 2.43 bits per heavy atom. The number of hydrogen-bond acceptors (Lipinski definition) is 1. The fraction of sp³-hybridized carbons (Fsp3) is 0.278. The van der Waals surface area contributed by atoms with E-state index in [1.807, 2.05) is 0 Å². The summed E-state index contributed by atoms with van der Waals surface area (Å²) >= 11 is 6.16. The molecule has 0 unspecified atom stereocenters. The van der Waals surface area contributed by atoms with E-state index >= 15 is 0 Å². The Balaban J connectivity index is 1.99. The SMILES string of the molecule is CCc1ccc(Cc2nc3ccc(C)cn3c2CCl)cc1. The largest absolute Gasteiger partial charge is 0.302 e. The summed E-state index contributed by atoms with van der Waals surface area (Å²) in [5, 5.41) is 0. The van der Waals surface area contributed by atoms with E-state index in [0.717, 1.165) is 29.9 Å². The van der Waals surface area contributed by atoms with Crippen LogP contribution in [0.4, 0.5) is 0 Å². The van der Waals surface area contributed by atoms with Crippen molar-refractivity contribution >= 4 is 17.2 Å². The standard InChI is InChI=1S/C18H19ClN2/c1-3-14-5-7-15(8-6-14)10-16-17(11-19)21-12-13(2)4-9-18(21)20-16/h4-9,12H,3,10-11H2,1-2H3. The first-order chi connectivity index (χ1) is 10.2. The summed E-state index contributed by atoms with van der Waals surface area (Å²) in [6, 6.07) is 12.9. The van der Waals surface area contributed by atoms with Gasteiger partial charge in [-0.25, -0.2) is 4.98 Å². The van der Waals surface area contributed by atoms with Crippen molar-refractivity contribution in [3.05, 3.63) is 70.7 Å². The summed E-state index contributed by atoms with van der Waals surface area (Å²) in [5.74, 6) is 0.479. The lowest BCUT2D eigenvalue weighted by atomic mass is 10.1. The first-order valence-corrected chi connectivity index (χ1v) is 7.85. The molecule has 21 heavy (non-hydrogen) atoms. The third-order valence-corrected chi connectivity index (χ3v) is 4.13. The number of benzene rings is 1. The monoisotopic (exact) mass is 298 g/mol. The first-order valence-electron chi connectivity index (χ1n) is 7.31. The van der Waals surface area contributed by atoms with Crippen LogP contribution in [-0.4, -0.2) is 9.38 Å². The first kappa shape index (κ1) is 14.2. The zero-order valence-corrected chi connectivity index (χ0v) is 13.2. The molecule has 0 N–H and O–H groups in total. The van der Waals surface area contributed by atoms with Gasteiger partial charge in [-0.05, 0) is 36.1 Å². The maximum absolute atomic E-state index is 6.16. The van der Waals surface area contributed by atoms with E-state index in [9.17, 15) is 0 Å². The molecule has 0 saturated heterocycles. The van der Waals surface area contributed by atoms with Crippen molar-refractivity contribution in [3.8, 4) is 0 Å². The average molecular weight is 299 g/mol. The molecule has 0 radical (unpaired) electrons. The molecule has 0 aliphatic rings. The normalized spacial score (nSPS) is 11.2. The molecule has 0 saturated carbocycles. The zero-order valence-electron chi connectivity index (χ0n) is 12.4. The van der Waals surface area contributed by atoms with Gasteiger partial charge in [-0.1, -0.05) is 37.3 Å². The number of hydrogen-bond donors (Lipinski definition) is 0. The molecule has 3 aromatic rings. The maximum Gasteiger partial charge on any atom is 0.137 e.